The molecule has 1 fully saturated rings. The molecule has 0 saturated carbocycles. The van der Waals surface area contributed by atoms with Gasteiger partial charge < -0.3 is 4.74 Å². The van der Waals surface area contributed by atoms with Crippen LogP contribution in [-0.4, -0.2) is 35.6 Å². The normalized spacial score (nSPS) is 22.5. The van der Waals surface area contributed by atoms with Crippen molar-refractivity contribution < 1.29 is 4.74 Å². The standard InChI is InChI=1S/C18H22ClNO/c1-18(2)13-20(12-16(10-19)21-18)11-15-8-5-7-14-6-3-4-9-17(14)15/h3-9,16H,10-13H2,1-2H3. The zero-order valence-electron chi connectivity index (χ0n) is 12.7. The maximum absolute atomic E-state index is 6.02. The van der Waals surface area contributed by atoms with E-state index in [0.717, 1.165) is 19.6 Å². The molecule has 2 aromatic rings. The number of fused-ring (bicyclic) bond motifs is 1. The van der Waals surface area contributed by atoms with Gasteiger partial charge in [-0.25, -0.2) is 0 Å². The Labute approximate surface area is 131 Å². The minimum absolute atomic E-state index is 0.116. The van der Waals surface area contributed by atoms with Crippen molar-refractivity contribution in [1.82, 2.24) is 4.90 Å². The Kier molecular flexibility index (Phi) is 4.21. The summed E-state index contributed by atoms with van der Waals surface area (Å²) in [5.41, 5.74) is 1.24. The molecule has 0 aromatic heterocycles. The summed E-state index contributed by atoms with van der Waals surface area (Å²) in [7, 11) is 0. The van der Waals surface area contributed by atoms with Crippen molar-refractivity contribution in [1.29, 1.82) is 0 Å². The summed E-state index contributed by atoms with van der Waals surface area (Å²) >= 11 is 6.02. The van der Waals surface area contributed by atoms with Crippen LogP contribution in [0.2, 0.25) is 0 Å². The fourth-order valence-corrected chi connectivity index (χ4v) is 3.45. The molecule has 2 aromatic carbocycles. The van der Waals surface area contributed by atoms with Crippen molar-refractivity contribution in [2.45, 2.75) is 32.1 Å². The highest BCUT2D eigenvalue weighted by atomic mass is 35.5. The SMILES string of the molecule is CC1(C)CN(Cc2cccc3ccccc23)CC(CCl)O1. The molecule has 3 rings (SSSR count). The molecule has 0 bridgehead atoms. The topological polar surface area (TPSA) is 12.5 Å². The van der Waals surface area contributed by atoms with Gasteiger partial charge in [0.1, 0.15) is 0 Å². The maximum atomic E-state index is 6.02. The van der Waals surface area contributed by atoms with Crippen LogP contribution in [-0.2, 0) is 11.3 Å². The molecular weight excluding hydrogens is 282 g/mol. The van der Waals surface area contributed by atoms with E-state index in [1.165, 1.54) is 16.3 Å². The molecule has 0 N–H and O–H groups in total. The van der Waals surface area contributed by atoms with E-state index < -0.39 is 0 Å². The molecule has 2 nitrogen and oxygen atoms in total. The van der Waals surface area contributed by atoms with Crippen molar-refractivity contribution in [2.24, 2.45) is 0 Å². The predicted octanol–water partition coefficient (Wildman–Crippen LogP) is 4.06. The second kappa shape index (κ2) is 5.96. The number of rotatable bonds is 3. The van der Waals surface area contributed by atoms with Crippen molar-refractivity contribution >= 4 is 22.4 Å². The molecule has 1 aliphatic rings. The second-order valence-corrected chi connectivity index (χ2v) is 6.77. The monoisotopic (exact) mass is 303 g/mol. The van der Waals surface area contributed by atoms with Gasteiger partial charge in [0.25, 0.3) is 0 Å². The second-order valence-electron chi connectivity index (χ2n) is 6.46. The molecule has 1 aliphatic heterocycles. The highest BCUT2D eigenvalue weighted by molar-refractivity contribution is 6.18. The van der Waals surface area contributed by atoms with Gasteiger partial charge in [-0.1, -0.05) is 42.5 Å². The van der Waals surface area contributed by atoms with Gasteiger partial charge in [-0.2, -0.15) is 0 Å². The van der Waals surface area contributed by atoms with Gasteiger partial charge >= 0.3 is 0 Å². The van der Waals surface area contributed by atoms with Crippen LogP contribution in [0.15, 0.2) is 42.5 Å². The highest BCUT2D eigenvalue weighted by Crippen LogP contribution is 2.25. The molecule has 0 aliphatic carbocycles. The summed E-state index contributed by atoms with van der Waals surface area (Å²) in [6.07, 6.45) is 0.116. The van der Waals surface area contributed by atoms with E-state index in [4.69, 9.17) is 16.3 Å². The summed E-state index contributed by atoms with van der Waals surface area (Å²) in [4.78, 5) is 2.46. The quantitative estimate of drug-likeness (QED) is 0.793. The number of alkyl halides is 1. The number of hydrogen-bond acceptors (Lipinski definition) is 2. The lowest BCUT2D eigenvalue weighted by Crippen LogP contribution is -2.52. The fourth-order valence-electron chi connectivity index (χ4n) is 3.29. The summed E-state index contributed by atoms with van der Waals surface area (Å²) in [5, 5.41) is 2.64. The largest absolute Gasteiger partial charge is 0.368 e. The lowest BCUT2D eigenvalue weighted by Gasteiger charge is -2.42. The Morgan fingerprint density at radius 3 is 2.76 bits per heavy atom. The van der Waals surface area contributed by atoms with Gasteiger partial charge in [-0.3, -0.25) is 4.90 Å². The van der Waals surface area contributed by atoms with Crippen molar-refractivity contribution in [3.8, 4) is 0 Å². The Balaban J connectivity index is 1.84. The van der Waals surface area contributed by atoms with Gasteiger partial charge in [0.2, 0.25) is 0 Å². The summed E-state index contributed by atoms with van der Waals surface area (Å²) in [6.45, 7) is 7.06. The van der Waals surface area contributed by atoms with Crippen LogP contribution in [0.4, 0.5) is 0 Å². The van der Waals surface area contributed by atoms with Crippen LogP contribution >= 0.6 is 11.6 Å². The third-order valence-electron chi connectivity index (χ3n) is 4.00. The molecule has 21 heavy (non-hydrogen) atoms. The third kappa shape index (κ3) is 3.39. The fraction of sp³-hybridized carbons (Fsp3) is 0.444. The van der Waals surface area contributed by atoms with Gasteiger partial charge in [-0.15, -0.1) is 11.6 Å². The van der Waals surface area contributed by atoms with Crippen LogP contribution in [0.25, 0.3) is 10.8 Å². The molecule has 0 radical (unpaired) electrons. The van der Waals surface area contributed by atoms with Gasteiger partial charge in [0.05, 0.1) is 11.7 Å². The first kappa shape index (κ1) is 14.8. The van der Waals surface area contributed by atoms with Crippen molar-refractivity contribution in [3.05, 3.63) is 48.0 Å². The van der Waals surface area contributed by atoms with E-state index in [9.17, 15) is 0 Å². The molecule has 0 spiro atoms. The van der Waals surface area contributed by atoms with Gasteiger partial charge in [0, 0.05) is 25.5 Å². The minimum Gasteiger partial charge on any atom is -0.368 e. The minimum atomic E-state index is -0.137. The molecule has 0 amide bonds. The number of morpholine rings is 1. The predicted molar refractivity (Wildman–Crippen MR) is 88.9 cm³/mol. The van der Waals surface area contributed by atoms with Crippen molar-refractivity contribution in [2.75, 3.05) is 19.0 Å². The number of halogens is 1. The number of nitrogens with zero attached hydrogens (tertiary/aromatic N) is 1. The number of hydrogen-bond donors (Lipinski definition) is 0. The number of ether oxygens (including phenoxy) is 1. The Morgan fingerprint density at radius 2 is 1.95 bits per heavy atom. The Hall–Kier alpha value is -1.09. The average molecular weight is 304 g/mol. The zero-order valence-corrected chi connectivity index (χ0v) is 13.4. The molecule has 1 saturated heterocycles. The highest BCUT2D eigenvalue weighted by Gasteiger charge is 2.32. The molecule has 1 heterocycles. The van der Waals surface area contributed by atoms with Crippen LogP contribution in [0.5, 0.6) is 0 Å². The number of benzene rings is 2. The summed E-state index contributed by atoms with van der Waals surface area (Å²) in [5.74, 6) is 0.551. The van der Waals surface area contributed by atoms with E-state index in [1.807, 2.05) is 0 Å². The smallest absolute Gasteiger partial charge is 0.0845 e. The van der Waals surface area contributed by atoms with Crippen LogP contribution in [0, 0.1) is 0 Å². The van der Waals surface area contributed by atoms with Crippen molar-refractivity contribution in [3.63, 3.8) is 0 Å². The van der Waals surface area contributed by atoms with Crippen LogP contribution in [0.1, 0.15) is 19.4 Å². The Bertz CT molecular complexity index is 620. The summed E-state index contributed by atoms with van der Waals surface area (Å²) < 4.78 is 6.00. The van der Waals surface area contributed by atoms with E-state index in [2.05, 4.69) is 61.2 Å². The van der Waals surface area contributed by atoms with Gasteiger partial charge in [-0.05, 0) is 30.2 Å². The first-order chi connectivity index (χ1) is 10.1. The van der Waals surface area contributed by atoms with E-state index in [-0.39, 0.29) is 11.7 Å². The van der Waals surface area contributed by atoms with E-state index in [0.29, 0.717) is 5.88 Å². The molecule has 3 heteroatoms. The average Bonchev–Trinajstić information content (AvgIpc) is 2.46. The first-order valence-electron chi connectivity index (χ1n) is 7.50. The molecule has 1 atom stereocenters. The van der Waals surface area contributed by atoms with E-state index >= 15 is 0 Å². The van der Waals surface area contributed by atoms with E-state index in [1.54, 1.807) is 0 Å². The van der Waals surface area contributed by atoms with Crippen LogP contribution in [0.3, 0.4) is 0 Å². The molecule has 112 valence electrons. The van der Waals surface area contributed by atoms with Gasteiger partial charge in [0.15, 0.2) is 0 Å². The van der Waals surface area contributed by atoms with Crippen LogP contribution < -0.4 is 0 Å². The molecular formula is C18H22ClNO. The maximum Gasteiger partial charge on any atom is 0.0845 e. The summed E-state index contributed by atoms with van der Waals surface area (Å²) in [6, 6.07) is 15.1. The lowest BCUT2D eigenvalue weighted by atomic mass is 10.0. The molecule has 1 unspecified atom stereocenters. The first-order valence-corrected chi connectivity index (χ1v) is 8.04. The Morgan fingerprint density at radius 1 is 1.19 bits per heavy atom. The zero-order chi connectivity index (χ0) is 14.9. The lowest BCUT2D eigenvalue weighted by molar-refractivity contribution is -0.129. The third-order valence-corrected chi connectivity index (χ3v) is 4.34.